The average Bonchev–Trinajstić information content (AvgIpc) is 3.36. The van der Waals surface area contributed by atoms with Crippen molar-refractivity contribution < 1.29 is 14.0 Å². The fourth-order valence-corrected chi connectivity index (χ4v) is 4.57. The predicted molar refractivity (Wildman–Crippen MR) is 136 cm³/mol. The molecule has 1 aliphatic rings. The zero-order valence-electron chi connectivity index (χ0n) is 21.0. The van der Waals surface area contributed by atoms with Crippen LogP contribution in [0.4, 0.5) is 4.39 Å². The van der Waals surface area contributed by atoms with Crippen molar-refractivity contribution in [1.29, 1.82) is 0 Å². The van der Waals surface area contributed by atoms with Crippen molar-refractivity contribution >= 4 is 11.8 Å². The third-order valence-corrected chi connectivity index (χ3v) is 6.61. The highest BCUT2D eigenvalue weighted by molar-refractivity contribution is 5.88. The van der Waals surface area contributed by atoms with E-state index in [4.69, 9.17) is 0 Å². The third kappa shape index (κ3) is 5.68. The first-order valence-corrected chi connectivity index (χ1v) is 12.3. The van der Waals surface area contributed by atoms with Gasteiger partial charge in [-0.1, -0.05) is 50.2 Å². The van der Waals surface area contributed by atoms with Crippen molar-refractivity contribution in [3.05, 3.63) is 97.8 Å². The Morgan fingerprint density at radius 3 is 2.57 bits per heavy atom. The van der Waals surface area contributed by atoms with Crippen molar-refractivity contribution in [1.82, 2.24) is 24.8 Å². The molecule has 37 heavy (non-hydrogen) atoms. The van der Waals surface area contributed by atoms with Crippen LogP contribution in [0, 0.1) is 12.9 Å². The standard InChI is InChI=1S/C27H30FN5O4/c1-16(2)19-11-12-20(29-24(19)28)23(18-8-5-4-6-9-18)30-26(36)21-10-7-13-33(21)22(34)15-32-14-17(3)25(35)31-27(32)37/h4-6,8-9,11-12,14,16,21,23H,7,10,13,15H2,1-3H3,(H,30,36)(H,31,35,37)/t21-,23-/m0/s1. The smallest absolute Gasteiger partial charge is 0.328 e. The number of likely N-dealkylation sites (tertiary alicyclic amines) is 1. The van der Waals surface area contributed by atoms with E-state index in [0.29, 0.717) is 36.2 Å². The molecule has 1 fully saturated rings. The number of hydrogen-bond acceptors (Lipinski definition) is 5. The summed E-state index contributed by atoms with van der Waals surface area (Å²) >= 11 is 0. The van der Waals surface area contributed by atoms with Gasteiger partial charge in [0.15, 0.2) is 0 Å². The van der Waals surface area contributed by atoms with E-state index in [-0.39, 0.29) is 18.4 Å². The minimum atomic E-state index is -0.752. The average molecular weight is 508 g/mol. The lowest BCUT2D eigenvalue weighted by Crippen LogP contribution is -2.48. The van der Waals surface area contributed by atoms with Crippen LogP contribution >= 0.6 is 0 Å². The molecule has 3 heterocycles. The van der Waals surface area contributed by atoms with Crippen LogP contribution < -0.4 is 16.6 Å². The predicted octanol–water partition coefficient (Wildman–Crippen LogP) is 2.40. The van der Waals surface area contributed by atoms with Gasteiger partial charge in [-0.2, -0.15) is 4.39 Å². The fourth-order valence-electron chi connectivity index (χ4n) is 4.57. The summed E-state index contributed by atoms with van der Waals surface area (Å²) in [5.74, 6) is -1.42. The topological polar surface area (TPSA) is 117 Å². The lowest BCUT2D eigenvalue weighted by Gasteiger charge is -2.27. The molecule has 0 radical (unpaired) electrons. The van der Waals surface area contributed by atoms with Crippen molar-refractivity contribution in [3.63, 3.8) is 0 Å². The number of carbonyl (C=O) groups excluding carboxylic acids is 2. The van der Waals surface area contributed by atoms with Crippen molar-refractivity contribution in [3.8, 4) is 0 Å². The van der Waals surface area contributed by atoms with E-state index in [9.17, 15) is 23.6 Å². The first-order chi connectivity index (χ1) is 17.7. The van der Waals surface area contributed by atoms with Crippen LogP contribution in [0.25, 0.3) is 0 Å². The van der Waals surface area contributed by atoms with Crippen LogP contribution in [0.3, 0.4) is 0 Å². The number of aromatic nitrogens is 3. The molecule has 0 saturated carbocycles. The maximum absolute atomic E-state index is 14.7. The molecule has 194 valence electrons. The monoisotopic (exact) mass is 507 g/mol. The molecule has 0 bridgehead atoms. The molecular formula is C27H30FN5O4. The summed E-state index contributed by atoms with van der Waals surface area (Å²) in [6.07, 6.45) is 2.40. The zero-order chi connectivity index (χ0) is 26.7. The fraction of sp³-hybridized carbons (Fsp3) is 0.370. The highest BCUT2D eigenvalue weighted by Gasteiger charge is 2.35. The molecule has 2 atom stereocenters. The van der Waals surface area contributed by atoms with Crippen molar-refractivity contribution in [2.45, 2.75) is 58.2 Å². The van der Waals surface area contributed by atoms with E-state index in [0.717, 1.165) is 10.1 Å². The molecule has 1 saturated heterocycles. The van der Waals surface area contributed by atoms with Gasteiger partial charge in [-0.25, -0.2) is 9.78 Å². The van der Waals surface area contributed by atoms with E-state index in [1.54, 1.807) is 19.1 Å². The van der Waals surface area contributed by atoms with Crippen molar-refractivity contribution in [2.75, 3.05) is 6.54 Å². The normalized spacial score (nSPS) is 16.1. The van der Waals surface area contributed by atoms with Crippen LogP contribution in [0.1, 0.15) is 61.0 Å². The van der Waals surface area contributed by atoms with Gasteiger partial charge in [0.25, 0.3) is 5.56 Å². The van der Waals surface area contributed by atoms with Crippen LogP contribution in [-0.2, 0) is 16.1 Å². The molecule has 2 aromatic heterocycles. The number of nitrogens with one attached hydrogen (secondary N) is 2. The number of amides is 2. The SMILES string of the molecule is Cc1cn(CC(=O)N2CCC[C@H]2C(=O)N[C@@H](c2ccccc2)c2ccc(C(C)C)c(F)n2)c(=O)[nH]c1=O. The van der Waals surface area contributed by atoms with Gasteiger partial charge in [0.05, 0.1) is 11.7 Å². The highest BCUT2D eigenvalue weighted by atomic mass is 19.1. The van der Waals surface area contributed by atoms with E-state index in [1.165, 1.54) is 11.1 Å². The summed E-state index contributed by atoms with van der Waals surface area (Å²) in [6, 6.07) is 11.1. The van der Waals surface area contributed by atoms with Crippen molar-refractivity contribution in [2.24, 2.45) is 0 Å². The van der Waals surface area contributed by atoms with Gasteiger partial charge in [0.1, 0.15) is 12.6 Å². The van der Waals surface area contributed by atoms with Crippen LogP contribution in [-0.4, -0.2) is 43.8 Å². The molecular weight excluding hydrogens is 477 g/mol. The minimum Gasteiger partial charge on any atom is -0.342 e. The van der Waals surface area contributed by atoms with Gasteiger partial charge >= 0.3 is 5.69 Å². The second kappa shape index (κ2) is 10.9. The van der Waals surface area contributed by atoms with Gasteiger partial charge in [-0.15, -0.1) is 0 Å². The number of aromatic amines is 1. The Morgan fingerprint density at radius 2 is 1.89 bits per heavy atom. The summed E-state index contributed by atoms with van der Waals surface area (Å²) in [4.78, 5) is 58.1. The minimum absolute atomic E-state index is 0.0388. The largest absolute Gasteiger partial charge is 0.342 e. The number of rotatable bonds is 7. The Kier molecular flexibility index (Phi) is 7.66. The molecule has 2 amide bonds. The Balaban J connectivity index is 1.57. The maximum atomic E-state index is 14.7. The van der Waals surface area contributed by atoms with Crippen LogP contribution in [0.15, 0.2) is 58.3 Å². The first kappa shape index (κ1) is 26.0. The number of aryl methyl sites for hydroxylation is 1. The Morgan fingerprint density at radius 1 is 1.16 bits per heavy atom. The quantitative estimate of drug-likeness (QED) is 0.477. The van der Waals surface area contributed by atoms with E-state index >= 15 is 0 Å². The Bertz CT molecular complexity index is 1420. The number of halogens is 1. The number of pyridine rings is 1. The molecule has 0 unspecified atom stereocenters. The lowest BCUT2D eigenvalue weighted by molar-refractivity contribution is -0.139. The molecule has 2 N–H and O–H groups in total. The number of hydrogen-bond donors (Lipinski definition) is 2. The van der Waals surface area contributed by atoms with E-state index < -0.39 is 35.2 Å². The van der Waals surface area contributed by atoms with Crippen LogP contribution in [0.2, 0.25) is 0 Å². The molecule has 10 heteroatoms. The summed E-state index contributed by atoms with van der Waals surface area (Å²) in [5, 5.41) is 2.97. The Labute approximate surface area is 213 Å². The maximum Gasteiger partial charge on any atom is 0.328 e. The summed E-state index contributed by atoms with van der Waals surface area (Å²) < 4.78 is 15.9. The number of nitrogens with zero attached hydrogens (tertiary/aromatic N) is 3. The van der Waals surface area contributed by atoms with Gasteiger partial charge in [-0.05, 0) is 37.3 Å². The first-order valence-electron chi connectivity index (χ1n) is 12.3. The number of H-pyrrole nitrogens is 1. The third-order valence-electron chi connectivity index (χ3n) is 6.61. The van der Waals surface area contributed by atoms with Gasteiger partial charge in [0.2, 0.25) is 17.8 Å². The van der Waals surface area contributed by atoms with Crippen LogP contribution in [0.5, 0.6) is 0 Å². The summed E-state index contributed by atoms with van der Waals surface area (Å²) in [7, 11) is 0. The van der Waals surface area contributed by atoms with Gasteiger partial charge < -0.3 is 10.2 Å². The number of carbonyl (C=O) groups is 2. The molecule has 1 aliphatic heterocycles. The van der Waals surface area contributed by atoms with E-state index in [1.807, 2.05) is 44.2 Å². The Hall–Kier alpha value is -4.08. The lowest BCUT2D eigenvalue weighted by atomic mass is 9.99. The molecule has 4 rings (SSSR count). The molecule has 3 aromatic rings. The molecule has 1 aromatic carbocycles. The molecule has 0 spiro atoms. The summed E-state index contributed by atoms with van der Waals surface area (Å²) in [5.41, 5.74) is 0.676. The number of benzene rings is 1. The highest BCUT2D eigenvalue weighted by Crippen LogP contribution is 2.26. The zero-order valence-corrected chi connectivity index (χ0v) is 21.0. The van der Waals surface area contributed by atoms with E-state index in [2.05, 4.69) is 15.3 Å². The van der Waals surface area contributed by atoms with Gasteiger partial charge in [0, 0.05) is 23.9 Å². The second-order valence-electron chi connectivity index (χ2n) is 9.57. The van der Waals surface area contributed by atoms with Gasteiger partial charge in [-0.3, -0.25) is 23.9 Å². The molecule has 0 aliphatic carbocycles. The molecule has 9 nitrogen and oxygen atoms in total. The summed E-state index contributed by atoms with van der Waals surface area (Å²) in [6.45, 7) is 5.36. The second-order valence-corrected chi connectivity index (χ2v) is 9.57.